The van der Waals surface area contributed by atoms with Crippen molar-refractivity contribution in [2.75, 3.05) is 0 Å². The maximum atomic E-state index is 1.69. The molecule has 7 heavy (non-hydrogen) atoms. The van der Waals surface area contributed by atoms with E-state index in [2.05, 4.69) is 0 Å². The quantitative estimate of drug-likeness (QED) is 0.420. The molecule has 1 atom stereocenters. The van der Waals surface area contributed by atoms with Crippen LogP contribution in [0, 0.1) is 0 Å². The Morgan fingerprint density at radius 1 is 1.29 bits per heavy atom. The van der Waals surface area contributed by atoms with Gasteiger partial charge in [-0.05, 0) is 5.54 Å². The topological polar surface area (TPSA) is 0 Å². The van der Waals surface area contributed by atoms with E-state index in [9.17, 15) is 0 Å². The van der Waals surface area contributed by atoms with Gasteiger partial charge in [0.15, 0.2) is 0 Å². The summed E-state index contributed by atoms with van der Waals surface area (Å²) >= 11 is 0. The second kappa shape index (κ2) is 1.34. The molecule has 0 spiro atoms. The third kappa shape index (κ3) is 0.633. The monoisotopic (exact) mass is 111 g/mol. The molecule has 2 aliphatic heterocycles. The minimum Gasteiger partial charge on any atom is -0.0588 e. The molecule has 2 fully saturated rings. The zero-order valence-electron chi connectivity index (χ0n) is 4.61. The predicted molar refractivity (Wildman–Crippen MR) is 33.0 cm³/mol. The smallest absolute Gasteiger partial charge is 0.0509 e. The normalized spacial score (nSPS) is 40.3. The standard InChI is InChI=1S/C6H11Si/c1-2-4-7-5-6(7)3-1/h6H,1-5H2. The molecular formula is C6H11Si. The average molecular weight is 111 g/mol. The first-order valence-corrected chi connectivity index (χ1v) is 5.30. The van der Waals surface area contributed by atoms with Gasteiger partial charge < -0.3 is 0 Å². The summed E-state index contributed by atoms with van der Waals surface area (Å²) < 4.78 is 0. The van der Waals surface area contributed by atoms with Crippen LogP contribution in [-0.2, 0) is 0 Å². The second-order valence-corrected chi connectivity index (χ2v) is 5.85. The zero-order chi connectivity index (χ0) is 4.69. The van der Waals surface area contributed by atoms with Crippen molar-refractivity contribution < 1.29 is 0 Å². The molecule has 39 valence electrons. The molecule has 0 nitrogen and oxygen atoms in total. The minimum atomic E-state index is 0.374. The highest BCUT2D eigenvalue weighted by Crippen LogP contribution is 2.48. The number of fused-ring (bicyclic) bond motifs is 1. The van der Waals surface area contributed by atoms with Gasteiger partial charge in [0, 0.05) is 0 Å². The van der Waals surface area contributed by atoms with E-state index in [-0.39, 0.29) is 0 Å². The van der Waals surface area contributed by atoms with Crippen LogP contribution < -0.4 is 0 Å². The van der Waals surface area contributed by atoms with Crippen LogP contribution in [0.2, 0.25) is 17.6 Å². The first kappa shape index (κ1) is 4.13. The molecule has 0 aromatic rings. The Kier molecular flexibility index (Phi) is 0.794. The van der Waals surface area contributed by atoms with Crippen molar-refractivity contribution in [3.05, 3.63) is 0 Å². The lowest BCUT2D eigenvalue weighted by Crippen LogP contribution is -1.95. The van der Waals surface area contributed by atoms with E-state index in [1.54, 1.807) is 31.4 Å². The van der Waals surface area contributed by atoms with Crippen LogP contribution in [0.1, 0.15) is 19.3 Å². The molecule has 1 heteroatoms. The van der Waals surface area contributed by atoms with Gasteiger partial charge in [-0.2, -0.15) is 0 Å². The maximum absolute atomic E-state index is 1.69. The van der Waals surface area contributed by atoms with Crippen molar-refractivity contribution in [2.45, 2.75) is 36.9 Å². The molecular weight excluding hydrogens is 100 g/mol. The van der Waals surface area contributed by atoms with Crippen molar-refractivity contribution in [1.29, 1.82) is 0 Å². The molecule has 0 aromatic heterocycles. The Morgan fingerprint density at radius 3 is 2.86 bits per heavy atom. The summed E-state index contributed by atoms with van der Waals surface area (Å²) in [7, 11) is 0.374. The lowest BCUT2D eigenvalue weighted by atomic mass is 10.2. The molecule has 2 rings (SSSR count). The Labute approximate surface area is 46.5 Å². The van der Waals surface area contributed by atoms with Gasteiger partial charge >= 0.3 is 0 Å². The zero-order valence-corrected chi connectivity index (χ0v) is 5.61. The fourth-order valence-electron chi connectivity index (χ4n) is 1.61. The van der Waals surface area contributed by atoms with Gasteiger partial charge in [0.1, 0.15) is 0 Å². The number of hydrogen-bond donors (Lipinski definition) is 0. The van der Waals surface area contributed by atoms with Gasteiger partial charge in [-0.15, -0.1) is 0 Å². The molecule has 0 amide bonds. The van der Waals surface area contributed by atoms with E-state index in [4.69, 9.17) is 0 Å². The van der Waals surface area contributed by atoms with Crippen molar-refractivity contribution in [3.63, 3.8) is 0 Å². The van der Waals surface area contributed by atoms with E-state index < -0.39 is 0 Å². The molecule has 1 radical (unpaired) electrons. The SMILES string of the molecule is C1CC[Si]2CC2C1. The number of rotatable bonds is 0. The molecule has 1 unspecified atom stereocenters. The van der Waals surface area contributed by atoms with Crippen LogP contribution in [0.5, 0.6) is 0 Å². The summed E-state index contributed by atoms with van der Waals surface area (Å²) in [6.07, 6.45) is 4.73. The van der Waals surface area contributed by atoms with Gasteiger partial charge in [0.2, 0.25) is 0 Å². The van der Waals surface area contributed by atoms with E-state index in [0.29, 0.717) is 8.80 Å². The summed E-state index contributed by atoms with van der Waals surface area (Å²) in [4.78, 5) is 0. The Balaban J connectivity index is 1.95. The molecule has 0 saturated carbocycles. The average Bonchev–Trinajstić information content (AvgIpc) is 2.41. The highest BCUT2D eigenvalue weighted by atomic mass is 28.3. The highest BCUT2D eigenvalue weighted by Gasteiger charge is 2.39. The summed E-state index contributed by atoms with van der Waals surface area (Å²) in [5.41, 5.74) is 1.30. The van der Waals surface area contributed by atoms with E-state index in [1.807, 2.05) is 0 Å². The highest BCUT2D eigenvalue weighted by molar-refractivity contribution is 6.71. The Hall–Kier alpha value is 0.217. The van der Waals surface area contributed by atoms with Gasteiger partial charge in [-0.1, -0.05) is 31.4 Å². The van der Waals surface area contributed by atoms with E-state index >= 15 is 0 Å². The van der Waals surface area contributed by atoms with Gasteiger partial charge in [-0.3, -0.25) is 0 Å². The van der Waals surface area contributed by atoms with Crippen molar-refractivity contribution in [1.82, 2.24) is 0 Å². The molecule has 0 bridgehead atoms. The first-order chi connectivity index (χ1) is 3.47. The summed E-state index contributed by atoms with van der Waals surface area (Å²) in [6, 6.07) is 3.35. The molecule has 0 N–H and O–H groups in total. The third-order valence-corrected chi connectivity index (χ3v) is 5.36. The van der Waals surface area contributed by atoms with Crippen LogP contribution in [0.25, 0.3) is 0 Å². The van der Waals surface area contributed by atoms with Crippen LogP contribution in [0.4, 0.5) is 0 Å². The lowest BCUT2D eigenvalue weighted by molar-refractivity contribution is 0.707. The molecule has 0 aromatic carbocycles. The van der Waals surface area contributed by atoms with E-state index in [0.717, 1.165) is 0 Å². The Bertz CT molecular complexity index is 70.2. The van der Waals surface area contributed by atoms with E-state index in [1.165, 1.54) is 5.54 Å². The third-order valence-electron chi connectivity index (χ3n) is 2.23. The fraction of sp³-hybridized carbons (Fsp3) is 1.00. The molecule has 2 heterocycles. The van der Waals surface area contributed by atoms with Crippen LogP contribution in [0.3, 0.4) is 0 Å². The minimum absolute atomic E-state index is 0.374. The molecule has 0 aliphatic carbocycles. The fourth-order valence-corrected chi connectivity index (χ4v) is 4.69. The Morgan fingerprint density at radius 2 is 2.29 bits per heavy atom. The van der Waals surface area contributed by atoms with Crippen LogP contribution >= 0.6 is 0 Å². The van der Waals surface area contributed by atoms with Crippen LogP contribution in [0.15, 0.2) is 0 Å². The van der Waals surface area contributed by atoms with Crippen molar-refractivity contribution in [3.8, 4) is 0 Å². The van der Waals surface area contributed by atoms with Gasteiger partial charge in [0.25, 0.3) is 0 Å². The van der Waals surface area contributed by atoms with Crippen LogP contribution in [-0.4, -0.2) is 8.80 Å². The largest absolute Gasteiger partial charge is 0.0588 e. The summed E-state index contributed by atoms with van der Waals surface area (Å²) in [6.45, 7) is 0. The maximum Gasteiger partial charge on any atom is 0.0509 e. The summed E-state index contributed by atoms with van der Waals surface area (Å²) in [5.74, 6) is 0. The lowest BCUT2D eigenvalue weighted by Gasteiger charge is -2.04. The van der Waals surface area contributed by atoms with Crippen molar-refractivity contribution >= 4 is 8.80 Å². The second-order valence-electron chi connectivity index (χ2n) is 2.81. The first-order valence-electron chi connectivity index (χ1n) is 3.31. The molecule has 2 aliphatic rings. The van der Waals surface area contributed by atoms with Gasteiger partial charge in [-0.25, -0.2) is 0 Å². The number of hydrogen-bond acceptors (Lipinski definition) is 0. The van der Waals surface area contributed by atoms with Gasteiger partial charge in [0.05, 0.1) is 8.80 Å². The summed E-state index contributed by atoms with van der Waals surface area (Å²) in [5, 5.41) is 0. The predicted octanol–water partition coefficient (Wildman–Crippen LogP) is 2.05. The molecule has 2 saturated heterocycles. The van der Waals surface area contributed by atoms with Crippen molar-refractivity contribution in [2.24, 2.45) is 0 Å².